The van der Waals surface area contributed by atoms with E-state index >= 15 is 0 Å². The summed E-state index contributed by atoms with van der Waals surface area (Å²) in [5.41, 5.74) is 0.972. The lowest BCUT2D eigenvalue weighted by Gasteiger charge is -2.35. The third-order valence-electron chi connectivity index (χ3n) is 7.08. The average Bonchev–Trinajstić information content (AvgIpc) is 3.02. The van der Waals surface area contributed by atoms with Crippen LogP contribution in [0.3, 0.4) is 0 Å². The van der Waals surface area contributed by atoms with Gasteiger partial charge in [0.1, 0.15) is 18.3 Å². The van der Waals surface area contributed by atoms with Crippen LogP contribution in [0.5, 0.6) is 5.75 Å². The molecule has 0 aliphatic rings. The molecule has 46 heavy (non-hydrogen) atoms. The summed E-state index contributed by atoms with van der Waals surface area (Å²) in [6, 6.07) is 27.5. The second kappa shape index (κ2) is 15.0. The molecule has 4 aromatic carbocycles. The molecule has 11 heteroatoms. The van der Waals surface area contributed by atoms with E-state index in [1.54, 1.807) is 60.7 Å². The topological polar surface area (TPSA) is 96.0 Å². The van der Waals surface area contributed by atoms with Gasteiger partial charge in [0.2, 0.25) is 11.8 Å². The number of hydrogen-bond acceptors (Lipinski definition) is 5. The Hall–Kier alpha value is -4.05. The first-order chi connectivity index (χ1) is 21.8. The second-order valence-electron chi connectivity index (χ2n) is 11.7. The molecule has 0 spiro atoms. The average molecular weight is 683 g/mol. The molecule has 0 radical (unpaired) electrons. The highest BCUT2D eigenvalue weighted by molar-refractivity contribution is 7.92. The largest absolute Gasteiger partial charge is 0.497 e. The number of halogens is 2. The molecule has 0 aliphatic carbocycles. The van der Waals surface area contributed by atoms with E-state index in [4.69, 9.17) is 27.9 Å². The molecule has 242 valence electrons. The van der Waals surface area contributed by atoms with Gasteiger partial charge in [-0.05, 0) is 68.3 Å². The highest BCUT2D eigenvalue weighted by atomic mass is 35.5. The highest BCUT2D eigenvalue weighted by Crippen LogP contribution is 2.29. The molecule has 0 unspecified atom stereocenters. The number of ether oxygens (including phenoxy) is 1. The van der Waals surface area contributed by atoms with Crippen LogP contribution in [0.1, 0.15) is 31.9 Å². The highest BCUT2D eigenvalue weighted by Gasteiger charge is 2.36. The number of benzene rings is 4. The number of rotatable bonds is 12. The lowest BCUT2D eigenvalue weighted by atomic mass is 10.0. The summed E-state index contributed by atoms with van der Waals surface area (Å²) in [6.45, 7) is 4.86. The molecule has 2 amide bonds. The summed E-state index contributed by atoms with van der Waals surface area (Å²) >= 11 is 12.7. The Morgan fingerprint density at radius 2 is 1.52 bits per heavy atom. The van der Waals surface area contributed by atoms with E-state index in [1.165, 1.54) is 24.1 Å². The van der Waals surface area contributed by atoms with Crippen molar-refractivity contribution in [2.75, 3.05) is 18.0 Å². The lowest BCUT2D eigenvalue weighted by Crippen LogP contribution is -2.56. The molecule has 0 fully saturated rings. The molecular weight excluding hydrogens is 645 g/mol. The number of methoxy groups -OCH3 is 1. The van der Waals surface area contributed by atoms with Crippen molar-refractivity contribution >= 4 is 50.7 Å². The van der Waals surface area contributed by atoms with E-state index in [0.29, 0.717) is 21.4 Å². The van der Waals surface area contributed by atoms with Crippen molar-refractivity contribution in [1.29, 1.82) is 0 Å². The molecule has 0 aliphatic heterocycles. The minimum atomic E-state index is -4.24. The number of carbonyl (C=O) groups is 2. The van der Waals surface area contributed by atoms with Crippen molar-refractivity contribution in [2.24, 2.45) is 0 Å². The first kappa shape index (κ1) is 34.8. The molecule has 1 atom stereocenters. The zero-order chi connectivity index (χ0) is 33.5. The molecule has 0 saturated heterocycles. The smallest absolute Gasteiger partial charge is 0.264 e. The van der Waals surface area contributed by atoms with Crippen molar-refractivity contribution in [2.45, 2.75) is 50.2 Å². The Labute approximate surface area is 280 Å². The summed E-state index contributed by atoms with van der Waals surface area (Å²) in [5.74, 6) is -0.596. The van der Waals surface area contributed by atoms with Gasteiger partial charge in [-0.2, -0.15) is 0 Å². The Bertz CT molecular complexity index is 1760. The minimum absolute atomic E-state index is 0.00391. The molecule has 1 N–H and O–H groups in total. The number of nitrogens with one attached hydrogen (secondary N) is 1. The van der Waals surface area contributed by atoms with Crippen LogP contribution in [-0.2, 0) is 32.6 Å². The third-order valence-corrected chi connectivity index (χ3v) is 9.45. The van der Waals surface area contributed by atoms with Crippen molar-refractivity contribution in [3.05, 3.63) is 124 Å². The van der Waals surface area contributed by atoms with Gasteiger partial charge >= 0.3 is 0 Å². The number of amides is 2. The van der Waals surface area contributed by atoms with Crippen LogP contribution in [0.15, 0.2) is 108 Å². The van der Waals surface area contributed by atoms with Crippen LogP contribution >= 0.6 is 23.2 Å². The van der Waals surface area contributed by atoms with Gasteiger partial charge in [0.05, 0.1) is 17.7 Å². The maximum Gasteiger partial charge on any atom is 0.264 e. The summed E-state index contributed by atoms with van der Waals surface area (Å²) in [4.78, 5) is 30.0. The summed E-state index contributed by atoms with van der Waals surface area (Å²) in [7, 11) is -2.77. The van der Waals surface area contributed by atoms with Gasteiger partial charge < -0.3 is 15.0 Å². The van der Waals surface area contributed by atoms with Crippen LogP contribution in [-0.4, -0.2) is 50.4 Å². The predicted molar refractivity (Wildman–Crippen MR) is 183 cm³/mol. The van der Waals surface area contributed by atoms with E-state index in [2.05, 4.69) is 5.32 Å². The standard InChI is InChI=1S/C35H37Cl2N3O5S/c1-35(2,3)38-34(42)32(20-25-12-7-5-8-13-25)39(23-26-18-19-27(36)21-31(26)37)33(41)24-40(28-14-11-15-29(22-28)45-4)46(43,44)30-16-9-6-10-17-30/h5-19,21-22,32H,20,23-24H2,1-4H3,(H,38,42)/t32-/m0/s1. The van der Waals surface area contributed by atoms with Gasteiger partial charge in [-0.3, -0.25) is 13.9 Å². The summed E-state index contributed by atoms with van der Waals surface area (Å²) < 4.78 is 34.6. The van der Waals surface area contributed by atoms with Crippen LogP contribution in [0, 0.1) is 0 Å². The van der Waals surface area contributed by atoms with E-state index in [-0.39, 0.29) is 23.5 Å². The molecule has 0 saturated carbocycles. The van der Waals surface area contributed by atoms with Gasteiger partial charge in [0, 0.05) is 34.6 Å². The zero-order valence-electron chi connectivity index (χ0n) is 26.1. The quantitative estimate of drug-likeness (QED) is 0.178. The number of anilines is 1. The fraction of sp³-hybridized carbons (Fsp3) is 0.257. The van der Waals surface area contributed by atoms with Crippen molar-refractivity contribution in [3.63, 3.8) is 0 Å². The SMILES string of the molecule is COc1cccc(N(CC(=O)N(Cc2ccc(Cl)cc2Cl)[C@@H](Cc2ccccc2)C(=O)NC(C)(C)C)S(=O)(=O)c2ccccc2)c1. The molecule has 0 heterocycles. The molecule has 4 rings (SSSR count). The van der Waals surface area contributed by atoms with Crippen molar-refractivity contribution in [3.8, 4) is 5.75 Å². The lowest BCUT2D eigenvalue weighted by molar-refractivity contribution is -0.140. The number of sulfonamides is 1. The Morgan fingerprint density at radius 3 is 2.13 bits per heavy atom. The monoisotopic (exact) mass is 681 g/mol. The first-order valence-corrected chi connectivity index (χ1v) is 16.8. The predicted octanol–water partition coefficient (Wildman–Crippen LogP) is 6.75. The van der Waals surface area contributed by atoms with Gasteiger partial charge in [0.15, 0.2) is 0 Å². The van der Waals surface area contributed by atoms with E-state index in [1.807, 2.05) is 51.1 Å². The first-order valence-electron chi connectivity index (χ1n) is 14.6. The van der Waals surface area contributed by atoms with Crippen LogP contribution < -0.4 is 14.4 Å². The maximum atomic E-state index is 14.6. The van der Waals surface area contributed by atoms with E-state index in [0.717, 1.165) is 9.87 Å². The maximum absolute atomic E-state index is 14.6. The minimum Gasteiger partial charge on any atom is -0.497 e. The number of carbonyl (C=O) groups excluding carboxylic acids is 2. The summed E-state index contributed by atoms with van der Waals surface area (Å²) in [5, 5.41) is 3.73. The van der Waals surface area contributed by atoms with E-state index < -0.39 is 40.0 Å². The fourth-order valence-corrected chi connectivity index (χ4v) is 6.75. The third kappa shape index (κ3) is 9.02. The van der Waals surface area contributed by atoms with Crippen LogP contribution in [0.25, 0.3) is 0 Å². The van der Waals surface area contributed by atoms with Crippen LogP contribution in [0.4, 0.5) is 5.69 Å². The van der Waals surface area contributed by atoms with Gasteiger partial charge in [-0.15, -0.1) is 0 Å². The van der Waals surface area contributed by atoms with Gasteiger partial charge in [-0.1, -0.05) is 83.9 Å². The van der Waals surface area contributed by atoms with Gasteiger partial charge in [0.25, 0.3) is 10.0 Å². The molecule has 0 bridgehead atoms. The molecule has 0 aromatic heterocycles. The Balaban J connectivity index is 1.84. The number of hydrogen-bond donors (Lipinski definition) is 1. The molecule has 8 nitrogen and oxygen atoms in total. The normalized spacial score (nSPS) is 12.2. The summed E-state index contributed by atoms with van der Waals surface area (Å²) in [6.07, 6.45) is 0.171. The van der Waals surface area contributed by atoms with Crippen molar-refractivity contribution in [1.82, 2.24) is 10.2 Å². The zero-order valence-corrected chi connectivity index (χ0v) is 28.4. The van der Waals surface area contributed by atoms with Crippen molar-refractivity contribution < 1.29 is 22.7 Å². The fourth-order valence-electron chi connectivity index (χ4n) is 4.85. The molecular formula is C35H37Cl2N3O5S. The Kier molecular flexibility index (Phi) is 11.4. The van der Waals surface area contributed by atoms with Crippen LogP contribution in [0.2, 0.25) is 10.0 Å². The number of nitrogens with zero attached hydrogens (tertiary/aromatic N) is 2. The van der Waals surface area contributed by atoms with Gasteiger partial charge in [-0.25, -0.2) is 8.42 Å². The Morgan fingerprint density at radius 1 is 0.870 bits per heavy atom. The second-order valence-corrected chi connectivity index (χ2v) is 14.4. The molecule has 4 aromatic rings. The van der Waals surface area contributed by atoms with E-state index in [9.17, 15) is 18.0 Å².